The first-order valence-corrected chi connectivity index (χ1v) is 7.72. The molecule has 2 aromatic carbocycles. The van der Waals surface area contributed by atoms with Crippen molar-refractivity contribution in [1.29, 1.82) is 5.26 Å². The van der Waals surface area contributed by atoms with Gasteiger partial charge in [0.25, 0.3) is 10.0 Å². The number of nitrogens with zero attached hydrogens (tertiary/aromatic N) is 2. The third-order valence-corrected chi connectivity index (χ3v) is 5.20. The van der Waals surface area contributed by atoms with Gasteiger partial charge in [0.2, 0.25) is 0 Å². The molecule has 5 nitrogen and oxygen atoms in total. The summed E-state index contributed by atoms with van der Waals surface area (Å²) < 4.78 is 26.3. The van der Waals surface area contributed by atoms with Crippen molar-refractivity contribution >= 4 is 33.0 Å². The van der Waals surface area contributed by atoms with Crippen LogP contribution >= 0.6 is 11.6 Å². The fourth-order valence-electron chi connectivity index (χ4n) is 1.78. The largest absolute Gasteiger partial charge is 0.399 e. The lowest BCUT2D eigenvalue weighted by Gasteiger charge is -2.20. The van der Waals surface area contributed by atoms with Crippen molar-refractivity contribution in [2.24, 2.45) is 0 Å². The maximum atomic E-state index is 12.6. The van der Waals surface area contributed by atoms with Crippen molar-refractivity contribution in [3.63, 3.8) is 0 Å². The molecule has 0 unspecified atom stereocenters. The van der Waals surface area contributed by atoms with Crippen LogP contribution in [-0.4, -0.2) is 15.5 Å². The number of rotatable bonds is 3. The van der Waals surface area contributed by atoms with Crippen LogP contribution in [0.3, 0.4) is 0 Å². The number of anilines is 2. The molecule has 0 aliphatic heterocycles. The molecule has 0 heterocycles. The predicted molar refractivity (Wildman–Crippen MR) is 82.6 cm³/mol. The zero-order valence-electron chi connectivity index (χ0n) is 11.1. The maximum absolute atomic E-state index is 12.6. The van der Waals surface area contributed by atoms with Gasteiger partial charge in [0.15, 0.2) is 0 Å². The Morgan fingerprint density at radius 2 is 1.95 bits per heavy atom. The van der Waals surface area contributed by atoms with Gasteiger partial charge < -0.3 is 5.73 Å². The monoisotopic (exact) mass is 321 g/mol. The van der Waals surface area contributed by atoms with Crippen molar-refractivity contribution in [1.82, 2.24) is 0 Å². The van der Waals surface area contributed by atoms with Crippen LogP contribution in [0.25, 0.3) is 0 Å². The van der Waals surface area contributed by atoms with E-state index in [2.05, 4.69) is 0 Å². The van der Waals surface area contributed by atoms with Crippen LogP contribution < -0.4 is 10.0 Å². The van der Waals surface area contributed by atoms with Crippen LogP contribution in [0.15, 0.2) is 47.4 Å². The number of sulfonamides is 1. The van der Waals surface area contributed by atoms with Crippen LogP contribution in [0.2, 0.25) is 5.02 Å². The van der Waals surface area contributed by atoms with E-state index < -0.39 is 10.0 Å². The molecule has 0 aliphatic carbocycles. The molecule has 0 aliphatic rings. The molecule has 21 heavy (non-hydrogen) atoms. The predicted octanol–water partition coefficient (Wildman–Crippen LogP) is 2.62. The van der Waals surface area contributed by atoms with Crippen molar-refractivity contribution in [3.8, 4) is 6.07 Å². The first-order valence-electron chi connectivity index (χ1n) is 5.90. The minimum atomic E-state index is -3.86. The SMILES string of the molecule is CN(c1cccc(C#N)c1)S(=O)(=O)c1cc(N)ccc1Cl. The topological polar surface area (TPSA) is 87.2 Å². The first kappa shape index (κ1) is 15.2. The molecule has 0 radical (unpaired) electrons. The molecular formula is C14H12ClN3O2S. The van der Waals surface area contributed by atoms with Crippen molar-refractivity contribution in [2.75, 3.05) is 17.1 Å². The fraction of sp³-hybridized carbons (Fsp3) is 0.0714. The average molecular weight is 322 g/mol. The van der Waals surface area contributed by atoms with Crippen LogP contribution in [0, 0.1) is 11.3 Å². The second-order valence-electron chi connectivity index (χ2n) is 4.32. The van der Waals surface area contributed by atoms with E-state index >= 15 is 0 Å². The minimum Gasteiger partial charge on any atom is -0.399 e. The lowest BCUT2D eigenvalue weighted by Crippen LogP contribution is -2.27. The van der Waals surface area contributed by atoms with Gasteiger partial charge in [-0.2, -0.15) is 5.26 Å². The van der Waals surface area contributed by atoms with Crippen molar-refractivity contribution in [2.45, 2.75) is 4.90 Å². The lowest BCUT2D eigenvalue weighted by molar-refractivity contribution is 0.594. The molecule has 2 rings (SSSR count). The highest BCUT2D eigenvalue weighted by atomic mass is 35.5. The highest BCUT2D eigenvalue weighted by molar-refractivity contribution is 7.93. The highest BCUT2D eigenvalue weighted by Crippen LogP contribution is 2.29. The summed E-state index contributed by atoms with van der Waals surface area (Å²) in [6.07, 6.45) is 0. The van der Waals surface area contributed by atoms with Gasteiger partial charge >= 0.3 is 0 Å². The molecule has 0 spiro atoms. The van der Waals surface area contributed by atoms with E-state index in [1.165, 1.54) is 31.3 Å². The Morgan fingerprint density at radius 1 is 1.24 bits per heavy atom. The van der Waals surface area contributed by atoms with E-state index in [-0.39, 0.29) is 9.92 Å². The van der Waals surface area contributed by atoms with Gasteiger partial charge in [-0.15, -0.1) is 0 Å². The molecule has 0 amide bonds. The molecule has 2 N–H and O–H groups in total. The van der Waals surface area contributed by atoms with Gasteiger partial charge in [-0.3, -0.25) is 4.31 Å². The standard InChI is InChI=1S/C14H12ClN3O2S/c1-18(12-4-2-3-10(7-12)9-16)21(19,20)14-8-11(17)5-6-13(14)15/h2-8H,17H2,1H3. The van der Waals surface area contributed by atoms with Gasteiger partial charge in [0.1, 0.15) is 4.90 Å². The molecule has 0 saturated carbocycles. The molecule has 0 bridgehead atoms. The molecule has 0 saturated heterocycles. The Kier molecular flexibility index (Phi) is 4.07. The number of hydrogen-bond donors (Lipinski definition) is 1. The van der Waals surface area contributed by atoms with E-state index in [9.17, 15) is 8.42 Å². The third-order valence-electron chi connectivity index (χ3n) is 2.93. The molecule has 2 aromatic rings. The number of nitriles is 1. The molecule has 108 valence electrons. The molecule has 7 heteroatoms. The normalized spacial score (nSPS) is 10.9. The number of halogens is 1. The van der Waals surface area contributed by atoms with Gasteiger partial charge in [-0.25, -0.2) is 8.42 Å². The quantitative estimate of drug-likeness (QED) is 0.880. The first-order chi connectivity index (χ1) is 9.86. The Morgan fingerprint density at radius 3 is 2.62 bits per heavy atom. The summed E-state index contributed by atoms with van der Waals surface area (Å²) in [6.45, 7) is 0. The van der Waals surface area contributed by atoms with Gasteiger partial charge in [0.05, 0.1) is 22.3 Å². The zero-order chi connectivity index (χ0) is 15.6. The number of nitrogens with two attached hydrogens (primary N) is 1. The molecular weight excluding hydrogens is 310 g/mol. The van der Waals surface area contributed by atoms with Gasteiger partial charge in [-0.05, 0) is 36.4 Å². The van der Waals surface area contributed by atoms with E-state index in [0.29, 0.717) is 16.9 Å². The zero-order valence-corrected chi connectivity index (χ0v) is 12.7. The Balaban J connectivity index is 2.53. The third kappa shape index (κ3) is 2.94. The molecule has 0 atom stereocenters. The van der Waals surface area contributed by atoms with E-state index in [4.69, 9.17) is 22.6 Å². The van der Waals surface area contributed by atoms with Crippen LogP contribution in [0.4, 0.5) is 11.4 Å². The summed E-state index contributed by atoms with van der Waals surface area (Å²) >= 11 is 5.96. The average Bonchev–Trinajstić information content (AvgIpc) is 2.48. The Labute approximate surface area is 128 Å². The van der Waals surface area contributed by atoms with Crippen LogP contribution in [0.1, 0.15) is 5.56 Å². The molecule has 0 aromatic heterocycles. The number of nitrogen functional groups attached to an aromatic ring is 1. The smallest absolute Gasteiger partial charge is 0.265 e. The summed E-state index contributed by atoms with van der Waals surface area (Å²) in [5, 5.41) is 8.98. The Hall–Kier alpha value is -2.23. The van der Waals surface area contributed by atoms with Crippen LogP contribution in [0.5, 0.6) is 0 Å². The number of benzene rings is 2. The minimum absolute atomic E-state index is 0.0750. The maximum Gasteiger partial charge on any atom is 0.265 e. The summed E-state index contributed by atoms with van der Waals surface area (Å²) in [5.41, 5.74) is 6.66. The van der Waals surface area contributed by atoms with Gasteiger partial charge in [-0.1, -0.05) is 17.7 Å². The summed E-state index contributed by atoms with van der Waals surface area (Å²) in [5.74, 6) is 0. The second kappa shape index (κ2) is 5.64. The molecule has 0 fully saturated rings. The summed E-state index contributed by atoms with van der Waals surface area (Å²) in [7, 11) is -2.46. The Bertz CT molecular complexity index is 828. The van der Waals surface area contributed by atoms with E-state index in [1.807, 2.05) is 6.07 Å². The van der Waals surface area contributed by atoms with Crippen molar-refractivity contribution < 1.29 is 8.42 Å². The summed E-state index contributed by atoms with van der Waals surface area (Å²) in [4.78, 5) is -0.0750. The fourth-order valence-corrected chi connectivity index (χ4v) is 3.47. The summed E-state index contributed by atoms with van der Waals surface area (Å²) in [6, 6.07) is 12.5. The van der Waals surface area contributed by atoms with Gasteiger partial charge in [0, 0.05) is 12.7 Å². The van der Waals surface area contributed by atoms with Crippen LogP contribution in [-0.2, 0) is 10.0 Å². The van der Waals surface area contributed by atoms with E-state index in [1.54, 1.807) is 18.2 Å². The second-order valence-corrected chi connectivity index (χ2v) is 6.67. The van der Waals surface area contributed by atoms with Crippen molar-refractivity contribution in [3.05, 3.63) is 53.1 Å². The highest BCUT2D eigenvalue weighted by Gasteiger charge is 2.24. The lowest BCUT2D eigenvalue weighted by atomic mass is 10.2. The van der Waals surface area contributed by atoms with E-state index in [0.717, 1.165) is 4.31 Å². The number of hydrogen-bond acceptors (Lipinski definition) is 4.